The Hall–Kier alpha value is -0.870. The van der Waals surface area contributed by atoms with Crippen molar-refractivity contribution in [3.05, 3.63) is 18.0 Å². The Balaban J connectivity index is 1.80. The van der Waals surface area contributed by atoms with E-state index in [4.69, 9.17) is 0 Å². The van der Waals surface area contributed by atoms with Crippen molar-refractivity contribution in [1.82, 2.24) is 14.7 Å². The third kappa shape index (κ3) is 3.33. The summed E-state index contributed by atoms with van der Waals surface area (Å²) in [6.07, 6.45) is 9.93. The van der Waals surface area contributed by atoms with Gasteiger partial charge in [0.25, 0.3) is 0 Å². The first kappa shape index (κ1) is 13.6. The zero-order chi connectivity index (χ0) is 13.0. The molecule has 0 bridgehead atoms. The first-order valence-corrected chi connectivity index (χ1v) is 7.05. The van der Waals surface area contributed by atoms with Crippen LogP contribution in [-0.2, 0) is 13.5 Å². The normalized spacial score (nSPS) is 25.5. The van der Waals surface area contributed by atoms with Gasteiger partial charge in [0, 0.05) is 25.3 Å². The van der Waals surface area contributed by atoms with Gasteiger partial charge in [-0.3, -0.25) is 9.58 Å². The quantitative estimate of drug-likeness (QED) is 0.864. The maximum atomic E-state index is 9.44. The first-order valence-electron chi connectivity index (χ1n) is 7.05. The third-order valence-corrected chi connectivity index (χ3v) is 4.05. The van der Waals surface area contributed by atoms with Gasteiger partial charge < -0.3 is 5.11 Å². The first-order chi connectivity index (χ1) is 8.70. The van der Waals surface area contributed by atoms with Crippen LogP contribution in [0.5, 0.6) is 0 Å². The number of hydrogen-bond acceptors (Lipinski definition) is 3. The molecule has 18 heavy (non-hydrogen) atoms. The molecule has 1 saturated heterocycles. The molecule has 1 N–H and O–H groups in total. The number of nitrogens with zero attached hydrogens (tertiary/aromatic N) is 3. The number of aliphatic hydroxyl groups excluding tert-OH is 1. The summed E-state index contributed by atoms with van der Waals surface area (Å²) in [5.74, 6) is 0. The van der Waals surface area contributed by atoms with E-state index in [9.17, 15) is 5.11 Å². The third-order valence-electron chi connectivity index (χ3n) is 4.05. The van der Waals surface area contributed by atoms with E-state index in [0.717, 1.165) is 25.8 Å². The van der Waals surface area contributed by atoms with Gasteiger partial charge >= 0.3 is 0 Å². The van der Waals surface area contributed by atoms with E-state index in [2.05, 4.69) is 23.1 Å². The monoisotopic (exact) mass is 251 g/mol. The zero-order valence-corrected chi connectivity index (χ0v) is 11.5. The Bertz CT molecular complexity index is 364. The molecule has 0 amide bonds. The second-order valence-electron chi connectivity index (χ2n) is 5.48. The minimum absolute atomic E-state index is 0.303. The summed E-state index contributed by atoms with van der Waals surface area (Å²) in [6.45, 7) is 3.67. The van der Waals surface area contributed by atoms with Crippen LogP contribution in [0.3, 0.4) is 0 Å². The Morgan fingerprint density at radius 1 is 1.44 bits per heavy atom. The highest BCUT2D eigenvalue weighted by molar-refractivity contribution is 5.03. The van der Waals surface area contributed by atoms with Crippen molar-refractivity contribution in [2.75, 3.05) is 13.2 Å². The van der Waals surface area contributed by atoms with Gasteiger partial charge in [0.1, 0.15) is 0 Å². The Morgan fingerprint density at radius 3 is 2.94 bits per heavy atom. The van der Waals surface area contributed by atoms with Gasteiger partial charge in [-0.05, 0) is 44.7 Å². The fraction of sp³-hybridized carbons (Fsp3) is 0.786. The van der Waals surface area contributed by atoms with E-state index < -0.39 is 0 Å². The van der Waals surface area contributed by atoms with Crippen molar-refractivity contribution < 1.29 is 5.11 Å². The van der Waals surface area contributed by atoms with Gasteiger partial charge in [0.15, 0.2) is 0 Å². The molecule has 102 valence electrons. The number of aliphatic hydroxyl groups is 1. The van der Waals surface area contributed by atoms with Crippen LogP contribution in [0.4, 0.5) is 0 Å². The second kappa shape index (κ2) is 6.34. The number of piperidine rings is 1. The molecule has 0 aliphatic carbocycles. The number of aryl methyl sites for hydroxylation is 2. The van der Waals surface area contributed by atoms with Crippen LogP contribution in [0.15, 0.2) is 12.4 Å². The predicted octanol–water partition coefficient (Wildman–Crippen LogP) is 1.59. The predicted molar refractivity (Wildman–Crippen MR) is 72.4 cm³/mol. The molecule has 4 heteroatoms. The van der Waals surface area contributed by atoms with Gasteiger partial charge in [-0.1, -0.05) is 6.42 Å². The lowest BCUT2D eigenvalue weighted by molar-refractivity contribution is 0.0510. The second-order valence-corrected chi connectivity index (χ2v) is 5.48. The number of hydrogen-bond donors (Lipinski definition) is 1. The van der Waals surface area contributed by atoms with Crippen LogP contribution in [0.2, 0.25) is 0 Å². The van der Waals surface area contributed by atoms with Gasteiger partial charge in [0.05, 0.1) is 12.8 Å². The van der Waals surface area contributed by atoms with Crippen molar-refractivity contribution in [3.63, 3.8) is 0 Å². The van der Waals surface area contributed by atoms with Gasteiger partial charge in [0.2, 0.25) is 0 Å². The molecule has 1 aliphatic heterocycles. The molecule has 1 aliphatic rings. The lowest BCUT2D eigenvalue weighted by Crippen LogP contribution is -2.47. The van der Waals surface area contributed by atoms with Gasteiger partial charge in [-0.25, -0.2) is 0 Å². The van der Waals surface area contributed by atoms with Crippen molar-refractivity contribution >= 4 is 0 Å². The van der Waals surface area contributed by atoms with E-state index in [1.54, 1.807) is 0 Å². The average Bonchev–Trinajstić information content (AvgIpc) is 2.77. The van der Waals surface area contributed by atoms with E-state index in [1.807, 2.05) is 17.9 Å². The molecule has 1 aromatic heterocycles. The molecule has 2 atom stereocenters. The van der Waals surface area contributed by atoms with Crippen LogP contribution in [0.1, 0.15) is 38.2 Å². The van der Waals surface area contributed by atoms with E-state index >= 15 is 0 Å². The fourth-order valence-electron chi connectivity index (χ4n) is 3.01. The molecule has 0 aromatic carbocycles. The summed E-state index contributed by atoms with van der Waals surface area (Å²) in [7, 11) is 1.96. The van der Waals surface area contributed by atoms with E-state index in [0.29, 0.717) is 18.7 Å². The van der Waals surface area contributed by atoms with Crippen LogP contribution in [-0.4, -0.2) is 45.0 Å². The standard InChI is InChI=1S/C14H25N3O/c1-12-5-3-7-14(11-18)17(12)8-4-6-13-9-15-16(2)10-13/h9-10,12,14,18H,3-8,11H2,1-2H3. The van der Waals surface area contributed by atoms with Crippen LogP contribution in [0.25, 0.3) is 0 Å². The maximum Gasteiger partial charge on any atom is 0.0586 e. The summed E-state index contributed by atoms with van der Waals surface area (Å²) in [5, 5.41) is 13.6. The Labute approximate surface area is 110 Å². The van der Waals surface area contributed by atoms with Crippen LogP contribution in [0, 0.1) is 0 Å². The molecular formula is C14H25N3O. The van der Waals surface area contributed by atoms with Crippen LogP contribution >= 0.6 is 0 Å². The average molecular weight is 251 g/mol. The number of aromatic nitrogens is 2. The van der Waals surface area contributed by atoms with Crippen molar-refractivity contribution in [2.24, 2.45) is 7.05 Å². The summed E-state index contributed by atoms with van der Waals surface area (Å²) in [4.78, 5) is 2.49. The summed E-state index contributed by atoms with van der Waals surface area (Å²) in [5.41, 5.74) is 1.31. The molecule has 1 fully saturated rings. The fourth-order valence-corrected chi connectivity index (χ4v) is 3.01. The molecule has 2 rings (SSSR count). The highest BCUT2D eigenvalue weighted by Crippen LogP contribution is 2.22. The largest absolute Gasteiger partial charge is 0.395 e. The van der Waals surface area contributed by atoms with Gasteiger partial charge in [-0.15, -0.1) is 0 Å². The smallest absolute Gasteiger partial charge is 0.0586 e. The number of rotatable bonds is 5. The summed E-state index contributed by atoms with van der Waals surface area (Å²) < 4.78 is 1.86. The van der Waals surface area contributed by atoms with Crippen molar-refractivity contribution in [3.8, 4) is 0 Å². The molecule has 0 radical (unpaired) electrons. The lowest BCUT2D eigenvalue weighted by atomic mass is 9.96. The minimum atomic E-state index is 0.303. The Morgan fingerprint density at radius 2 is 2.28 bits per heavy atom. The Kier molecular flexibility index (Phi) is 4.78. The van der Waals surface area contributed by atoms with Crippen molar-refractivity contribution in [2.45, 2.75) is 51.1 Å². The van der Waals surface area contributed by atoms with E-state index in [-0.39, 0.29) is 0 Å². The molecule has 2 heterocycles. The topological polar surface area (TPSA) is 41.3 Å². The molecule has 1 aromatic rings. The summed E-state index contributed by atoms with van der Waals surface area (Å²) in [6, 6.07) is 0.993. The highest BCUT2D eigenvalue weighted by atomic mass is 16.3. The highest BCUT2D eigenvalue weighted by Gasteiger charge is 2.26. The summed E-state index contributed by atoms with van der Waals surface area (Å²) >= 11 is 0. The van der Waals surface area contributed by atoms with Gasteiger partial charge in [-0.2, -0.15) is 5.10 Å². The van der Waals surface area contributed by atoms with Crippen LogP contribution < -0.4 is 0 Å². The zero-order valence-electron chi connectivity index (χ0n) is 11.5. The van der Waals surface area contributed by atoms with E-state index in [1.165, 1.54) is 18.4 Å². The molecule has 4 nitrogen and oxygen atoms in total. The molecule has 0 saturated carbocycles. The maximum absolute atomic E-state index is 9.44. The SMILES string of the molecule is CC1CCCC(CO)N1CCCc1cnn(C)c1. The number of likely N-dealkylation sites (tertiary alicyclic amines) is 1. The molecular weight excluding hydrogens is 226 g/mol. The lowest BCUT2D eigenvalue weighted by Gasteiger charge is -2.40. The van der Waals surface area contributed by atoms with Crippen molar-refractivity contribution in [1.29, 1.82) is 0 Å². The molecule has 2 unspecified atom stereocenters. The molecule has 0 spiro atoms. The minimum Gasteiger partial charge on any atom is -0.395 e.